The van der Waals surface area contributed by atoms with Gasteiger partial charge in [0.15, 0.2) is 0 Å². The highest BCUT2D eigenvalue weighted by molar-refractivity contribution is 5.79. The molecule has 1 heterocycles. The van der Waals surface area contributed by atoms with Gasteiger partial charge in [0, 0.05) is 6.42 Å². The highest BCUT2D eigenvalue weighted by Crippen LogP contribution is 2.64. The third-order valence-corrected chi connectivity index (χ3v) is 6.74. The zero-order valence-corrected chi connectivity index (χ0v) is 11.6. The number of hydrogen-bond donors (Lipinski definition) is 0. The number of carbonyl (C=O) groups is 1. The lowest BCUT2D eigenvalue weighted by molar-refractivity contribution is -0.191. The van der Waals surface area contributed by atoms with Crippen molar-refractivity contribution in [2.75, 3.05) is 0 Å². The van der Waals surface area contributed by atoms with Crippen molar-refractivity contribution in [1.29, 1.82) is 0 Å². The molecule has 0 aromatic rings. The van der Waals surface area contributed by atoms with Gasteiger partial charge in [-0.25, -0.2) is 0 Å². The van der Waals surface area contributed by atoms with Crippen molar-refractivity contribution in [3.63, 3.8) is 0 Å². The maximum Gasteiger partial charge on any atom is 0.312 e. The second-order valence-corrected chi connectivity index (χ2v) is 7.74. The van der Waals surface area contributed by atoms with Gasteiger partial charge in [-0.05, 0) is 69.1 Å². The Bertz CT molecular complexity index is 372. The van der Waals surface area contributed by atoms with E-state index in [9.17, 15) is 4.79 Å². The van der Waals surface area contributed by atoms with Gasteiger partial charge in [0.1, 0.15) is 5.60 Å². The summed E-state index contributed by atoms with van der Waals surface area (Å²) in [6.45, 7) is 4.26. The molecule has 5 rings (SSSR count). The van der Waals surface area contributed by atoms with E-state index in [-0.39, 0.29) is 17.0 Å². The van der Waals surface area contributed by atoms with Gasteiger partial charge in [0.2, 0.25) is 0 Å². The van der Waals surface area contributed by atoms with Gasteiger partial charge in [-0.1, -0.05) is 6.92 Å². The molecule has 0 aromatic heterocycles. The van der Waals surface area contributed by atoms with Crippen LogP contribution in [0.2, 0.25) is 0 Å². The number of hydrogen-bond acceptors (Lipinski definition) is 2. The van der Waals surface area contributed by atoms with Gasteiger partial charge in [0.25, 0.3) is 0 Å². The summed E-state index contributed by atoms with van der Waals surface area (Å²) in [6.07, 6.45) is 8.73. The molecule has 0 radical (unpaired) electrons. The summed E-state index contributed by atoms with van der Waals surface area (Å²) in [5.74, 6) is 3.37. The molecule has 100 valence electrons. The van der Waals surface area contributed by atoms with Crippen molar-refractivity contribution in [1.82, 2.24) is 0 Å². The van der Waals surface area contributed by atoms with Crippen LogP contribution in [0, 0.1) is 29.1 Å². The Morgan fingerprint density at radius 3 is 2.11 bits per heavy atom. The molecule has 2 heteroatoms. The fourth-order valence-corrected chi connectivity index (χ4v) is 5.72. The third-order valence-electron chi connectivity index (χ3n) is 6.74. The number of esters is 1. The SMILES string of the molecule is CCC1(C)CC2(OC1=O)C1CC3CC(C1)CC2C3. The summed E-state index contributed by atoms with van der Waals surface area (Å²) in [7, 11) is 0. The summed E-state index contributed by atoms with van der Waals surface area (Å²) in [5, 5.41) is 0. The van der Waals surface area contributed by atoms with Crippen molar-refractivity contribution in [2.24, 2.45) is 29.1 Å². The lowest BCUT2D eigenvalue weighted by Crippen LogP contribution is -2.57. The van der Waals surface area contributed by atoms with Crippen LogP contribution in [0.15, 0.2) is 0 Å². The summed E-state index contributed by atoms with van der Waals surface area (Å²) in [6, 6.07) is 0. The molecular formula is C16H24O2. The van der Waals surface area contributed by atoms with Gasteiger partial charge in [-0.15, -0.1) is 0 Å². The van der Waals surface area contributed by atoms with Crippen molar-refractivity contribution < 1.29 is 9.53 Å². The number of rotatable bonds is 1. The zero-order valence-electron chi connectivity index (χ0n) is 11.6. The minimum absolute atomic E-state index is 0.0464. The smallest absolute Gasteiger partial charge is 0.312 e. The van der Waals surface area contributed by atoms with E-state index >= 15 is 0 Å². The van der Waals surface area contributed by atoms with Crippen LogP contribution in [-0.2, 0) is 9.53 Å². The van der Waals surface area contributed by atoms with Crippen LogP contribution in [-0.4, -0.2) is 11.6 Å². The van der Waals surface area contributed by atoms with E-state index in [0.717, 1.165) is 24.7 Å². The predicted octanol–water partition coefficient (Wildman–Crippen LogP) is 3.54. The molecule has 18 heavy (non-hydrogen) atoms. The van der Waals surface area contributed by atoms with E-state index in [1.165, 1.54) is 32.1 Å². The van der Waals surface area contributed by atoms with Gasteiger partial charge >= 0.3 is 5.97 Å². The molecule has 0 N–H and O–H groups in total. The first-order valence-electron chi connectivity index (χ1n) is 7.79. The summed E-state index contributed by atoms with van der Waals surface area (Å²) < 4.78 is 6.09. The van der Waals surface area contributed by atoms with Crippen molar-refractivity contribution in [3.05, 3.63) is 0 Å². The first-order valence-corrected chi connectivity index (χ1v) is 7.79. The molecule has 1 saturated heterocycles. The molecule has 5 fully saturated rings. The van der Waals surface area contributed by atoms with E-state index in [4.69, 9.17) is 4.74 Å². The minimum Gasteiger partial charge on any atom is -0.458 e. The van der Waals surface area contributed by atoms with E-state index in [1.54, 1.807) is 0 Å². The van der Waals surface area contributed by atoms with Gasteiger partial charge in [-0.2, -0.15) is 0 Å². The fourth-order valence-electron chi connectivity index (χ4n) is 5.72. The Morgan fingerprint density at radius 2 is 1.67 bits per heavy atom. The van der Waals surface area contributed by atoms with Gasteiger partial charge < -0.3 is 4.74 Å². The second-order valence-electron chi connectivity index (χ2n) is 7.74. The molecule has 4 bridgehead atoms. The molecule has 4 saturated carbocycles. The van der Waals surface area contributed by atoms with Crippen LogP contribution >= 0.6 is 0 Å². The molecule has 4 aliphatic carbocycles. The number of carbonyl (C=O) groups excluding carboxylic acids is 1. The number of ether oxygens (including phenoxy) is 1. The van der Waals surface area contributed by atoms with E-state index in [0.29, 0.717) is 11.8 Å². The van der Waals surface area contributed by atoms with Crippen LogP contribution in [0.5, 0.6) is 0 Å². The van der Waals surface area contributed by atoms with Crippen LogP contribution in [0.25, 0.3) is 0 Å². The molecule has 1 atom stereocenters. The van der Waals surface area contributed by atoms with E-state index < -0.39 is 0 Å². The van der Waals surface area contributed by atoms with Crippen LogP contribution < -0.4 is 0 Å². The predicted molar refractivity (Wildman–Crippen MR) is 68.9 cm³/mol. The highest BCUT2D eigenvalue weighted by Gasteiger charge is 2.65. The summed E-state index contributed by atoms with van der Waals surface area (Å²) in [5.41, 5.74) is -0.245. The Kier molecular flexibility index (Phi) is 2.08. The topological polar surface area (TPSA) is 26.3 Å². The maximum absolute atomic E-state index is 12.3. The fraction of sp³-hybridized carbons (Fsp3) is 0.938. The zero-order chi connectivity index (χ0) is 12.5. The van der Waals surface area contributed by atoms with Crippen LogP contribution in [0.3, 0.4) is 0 Å². The molecule has 5 aliphatic rings. The maximum atomic E-state index is 12.3. The first kappa shape index (κ1) is 11.3. The first-order chi connectivity index (χ1) is 8.56. The Hall–Kier alpha value is -0.530. The third kappa shape index (κ3) is 1.22. The highest BCUT2D eigenvalue weighted by atomic mass is 16.6. The molecule has 1 spiro atoms. The lowest BCUT2D eigenvalue weighted by atomic mass is 9.48. The average molecular weight is 248 g/mol. The van der Waals surface area contributed by atoms with Crippen LogP contribution in [0.1, 0.15) is 58.8 Å². The molecule has 1 aliphatic heterocycles. The standard InChI is InChI=1S/C16H24O2/c1-3-15(2)9-16(18-14(15)17)12-5-10-4-11(7-12)8-13(16)6-10/h10-13H,3-9H2,1-2H3. The molecule has 1 unspecified atom stereocenters. The molecular weight excluding hydrogens is 224 g/mol. The summed E-state index contributed by atoms with van der Waals surface area (Å²) in [4.78, 5) is 12.3. The quantitative estimate of drug-likeness (QED) is 0.663. The monoisotopic (exact) mass is 248 g/mol. The Morgan fingerprint density at radius 1 is 1.11 bits per heavy atom. The Balaban J connectivity index is 1.71. The van der Waals surface area contributed by atoms with E-state index in [1.807, 2.05) is 0 Å². The molecule has 2 nitrogen and oxygen atoms in total. The van der Waals surface area contributed by atoms with E-state index in [2.05, 4.69) is 13.8 Å². The second kappa shape index (κ2) is 3.32. The Labute approximate surface area is 109 Å². The van der Waals surface area contributed by atoms with Crippen molar-refractivity contribution in [2.45, 2.75) is 64.4 Å². The van der Waals surface area contributed by atoms with Crippen molar-refractivity contribution >= 4 is 5.97 Å². The van der Waals surface area contributed by atoms with Gasteiger partial charge in [-0.3, -0.25) is 4.79 Å². The van der Waals surface area contributed by atoms with Crippen LogP contribution in [0.4, 0.5) is 0 Å². The van der Waals surface area contributed by atoms with Gasteiger partial charge in [0.05, 0.1) is 5.41 Å². The summed E-state index contributed by atoms with van der Waals surface area (Å²) >= 11 is 0. The molecule has 0 amide bonds. The normalized spacial score (nSPS) is 57.3. The van der Waals surface area contributed by atoms with Crippen molar-refractivity contribution in [3.8, 4) is 0 Å². The average Bonchev–Trinajstić information content (AvgIpc) is 2.60. The lowest BCUT2D eigenvalue weighted by Gasteiger charge is -2.59. The molecule has 0 aromatic carbocycles. The minimum atomic E-state index is -0.199. The largest absolute Gasteiger partial charge is 0.458 e.